The van der Waals surface area contributed by atoms with Gasteiger partial charge in [0.1, 0.15) is 23.2 Å². The van der Waals surface area contributed by atoms with Crippen LogP contribution in [0.1, 0.15) is 5.69 Å². The first kappa shape index (κ1) is 18.9. The number of carbonyl (C=O) groups is 1. The molecule has 0 atom stereocenters. The Kier molecular flexibility index (Phi) is 4.92. The second kappa shape index (κ2) is 7.54. The molecule has 1 aliphatic rings. The van der Waals surface area contributed by atoms with Gasteiger partial charge in [0.25, 0.3) is 0 Å². The number of halogens is 2. The number of aromatic nitrogens is 3. The molecule has 0 saturated carbocycles. The number of aryl methyl sites for hydroxylation is 1. The summed E-state index contributed by atoms with van der Waals surface area (Å²) in [7, 11) is 0. The van der Waals surface area contributed by atoms with E-state index in [2.05, 4.69) is 21.5 Å². The lowest BCUT2D eigenvalue weighted by molar-refractivity contribution is -0.126. The van der Waals surface area contributed by atoms with E-state index in [1.165, 1.54) is 24.5 Å². The Morgan fingerprint density at radius 2 is 1.83 bits per heavy atom. The Balaban J connectivity index is 1.76. The number of nitrogens with zero attached hydrogens (tertiary/aromatic N) is 5. The third-order valence-electron chi connectivity index (χ3n) is 5.08. The van der Waals surface area contributed by atoms with E-state index in [0.29, 0.717) is 43.2 Å². The van der Waals surface area contributed by atoms with E-state index in [4.69, 9.17) is 0 Å². The van der Waals surface area contributed by atoms with Crippen LogP contribution < -0.4 is 4.90 Å². The van der Waals surface area contributed by atoms with Crippen LogP contribution in [0.2, 0.25) is 0 Å². The van der Waals surface area contributed by atoms with Crippen molar-refractivity contribution in [3.05, 3.63) is 60.6 Å². The molecule has 0 N–H and O–H groups in total. The molecule has 0 bridgehead atoms. The van der Waals surface area contributed by atoms with Crippen LogP contribution in [-0.4, -0.2) is 51.9 Å². The second-order valence-electron chi connectivity index (χ2n) is 6.78. The van der Waals surface area contributed by atoms with Crippen LogP contribution in [0.15, 0.2) is 43.2 Å². The van der Waals surface area contributed by atoms with Gasteiger partial charge in [0.2, 0.25) is 5.91 Å². The van der Waals surface area contributed by atoms with Gasteiger partial charge in [-0.1, -0.05) is 24.8 Å². The van der Waals surface area contributed by atoms with Crippen molar-refractivity contribution in [3.63, 3.8) is 0 Å². The van der Waals surface area contributed by atoms with Gasteiger partial charge >= 0.3 is 0 Å². The monoisotopic (exact) mass is 395 g/mol. The van der Waals surface area contributed by atoms with E-state index < -0.39 is 11.6 Å². The number of benzene rings is 1. The molecule has 1 aromatic carbocycles. The van der Waals surface area contributed by atoms with Crippen LogP contribution in [0.25, 0.3) is 22.2 Å². The Bertz CT molecular complexity index is 1110. The van der Waals surface area contributed by atoms with Gasteiger partial charge in [-0.05, 0) is 19.1 Å². The van der Waals surface area contributed by atoms with Gasteiger partial charge in [-0.25, -0.2) is 23.7 Å². The Labute approximate surface area is 166 Å². The quantitative estimate of drug-likeness (QED) is 0.638. The summed E-state index contributed by atoms with van der Waals surface area (Å²) in [5.41, 5.74) is 0.974. The van der Waals surface area contributed by atoms with Crippen LogP contribution in [0.4, 0.5) is 14.6 Å². The van der Waals surface area contributed by atoms with Gasteiger partial charge in [0.15, 0.2) is 11.6 Å². The van der Waals surface area contributed by atoms with Crippen molar-refractivity contribution >= 4 is 22.8 Å². The minimum absolute atomic E-state index is 0.0449. The molecule has 1 amide bonds. The molecule has 0 aliphatic carbocycles. The van der Waals surface area contributed by atoms with E-state index >= 15 is 4.39 Å². The first-order valence-electron chi connectivity index (χ1n) is 9.23. The number of rotatable bonds is 3. The van der Waals surface area contributed by atoms with E-state index in [0.717, 1.165) is 0 Å². The van der Waals surface area contributed by atoms with Crippen molar-refractivity contribution in [3.8, 4) is 11.1 Å². The highest BCUT2D eigenvalue weighted by atomic mass is 19.1. The minimum atomic E-state index is -0.623. The molecule has 0 spiro atoms. The van der Waals surface area contributed by atoms with Crippen molar-refractivity contribution in [2.75, 3.05) is 31.1 Å². The molecule has 1 fully saturated rings. The van der Waals surface area contributed by atoms with Crippen molar-refractivity contribution in [1.29, 1.82) is 0 Å². The lowest BCUT2D eigenvalue weighted by Gasteiger charge is -2.35. The normalized spacial score (nSPS) is 14.3. The molecule has 29 heavy (non-hydrogen) atoms. The SMILES string of the molecule is C=CC(=O)N1CCN(c2ncnc3c(F)c(-c4ccccc4F)c(C)nc23)CC1. The summed E-state index contributed by atoms with van der Waals surface area (Å²) < 4.78 is 29.6. The van der Waals surface area contributed by atoms with Crippen molar-refractivity contribution < 1.29 is 13.6 Å². The van der Waals surface area contributed by atoms with E-state index in [1.807, 2.05) is 4.90 Å². The predicted molar refractivity (Wildman–Crippen MR) is 106 cm³/mol. The van der Waals surface area contributed by atoms with Gasteiger partial charge in [-0.3, -0.25) is 4.79 Å². The Hall–Kier alpha value is -3.42. The first-order valence-corrected chi connectivity index (χ1v) is 9.23. The number of hydrogen-bond donors (Lipinski definition) is 0. The summed E-state index contributed by atoms with van der Waals surface area (Å²) in [6, 6.07) is 6.01. The predicted octanol–water partition coefficient (Wildman–Crippen LogP) is 3.11. The zero-order chi connectivity index (χ0) is 20.5. The largest absolute Gasteiger partial charge is 0.351 e. The molecular weight excluding hydrogens is 376 g/mol. The third-order valence-corrected chi connectivity index (χ3v) is 5.08. The molecule has 3 heterocycles. The van der Waals surface area contributed by atoms with Crippen LogP contribution in [-0.2, 0) is 4.79 Å². The molecule has 1 aliphatic heterocycles. The number of hydrogen-bond acceptors (Lipinski definition) is 5. The van der Waals surface area contributed by atoms with Crippen molar-refractivity contribution in [2.24, 2.45) is 0 Å². The lowest BCUT2D eigenvalue weighted by atomic mass is 10.0. The van der Waals surface area contributed by atoms with E-state index in [1.54, 1.807) is 24.0 Å². The summed E-state index contributed by atoms with van der Waals surface area (Å²) in [5, 5.41) is 0. The summed E-state index contributed by atoms with van der Waals surface area (Å²) in [6.45, 7) is 7.22. The van der Waals surface area contributed by atoms with Crippen LogP contribution >= 0.6 is 0 Å². The maximum absolute atomic E-state index is 15.4. The molecule has 3 aromatic rings. The van der Waals surface area contributed by atoms with Crippen molar-refractivity contribution in [2.45, 2.75) is 6.92 Å². The Morgan fingerprint density at radius 1 is 1.10 bits per heavy atom. The highest BCUT2D eigenvalue weighted by molar-refractivity contribution is 5.90. The fourth-order valence-electron chi connectivity index (χ4n) is 3.61. The van der Waals surface area contributed by atoms with Crippen LogP contribution in [0.5, 0.6) is 0 Å². The maximum Gasteiger partial charge on any atom is 0.246 e. The van der Waals surface area contributed by atoms with Crippen LogP contribution in [0, 0.1) is 18.6 Å². The highest BCUT2D eigenvalue weighted by Crippen LogP contribution is 2.33. The zero-order valence-corrected chi connectivity index (χ0v) is 15.9. The van der Waals surface area contributed by atoms with E-state index in [-0.39, 0.29) is 22.6 Å². The van der Waals surface area contributed by atoms with Crippen LogP contribution in [0.3, 0.4) is 0 Å². The maximum atomic E-state index is 15.4. The molecule has 0 radical (unpaired) electrons. The molecular formula is C21H19F2N5O. The molecule has 0 unspecified atom stereocenters. The molecule has 8 heteroatoms. The smallest absolute Gasteiger partial charge is 0.246 e. The third kappa shape index (κ3) is 3.30. The lowest BCUT2D eigenvalue weighted by Crippen LogP contribution is -2.48. The molecule has 4 rings (SSSR count). The van der Waals surface area contributed by atoms with Gasteiger partial charge in [0.05, 0.1) is 0 Å². The number of anilines is 1. The van der Waals surface area contributed by atoms with Gasteiger partial charge in [0, 0.05) is 43.0 Å². The van der Waals surface area contributed by atoms with E-state index in [9.17, 15) is 9.18 Å². The number of carbonyl (C=O) groups excluding carboxylic acids is 1. The molecule has 6 nitrogen and oxygen atoms in total. The summed E-state index contributed by atoms with van der Waals surface area (Å²) in [5.74, 6) is -0.760. The summed E-state index contributed by atoms with van der Waals surface area (Å²) >= 11 is 0. The number of piperazine rings is 1. The fourth-order valence-corrected chi connectivity index (χ4v) is 3.61. The summed E-state index contributed by atoms with van der Waals surface area (Å²) in [6.07, 6.45) is 2.57. The average Bonchev–Trinajstić information content (AvgIpc) is 2.74. The average molecular weight is 395 g/mol. The first-order chi connectivity index (χ1) is 14.0. The second-order valence-corrected chi connectivity index (χ2v) is 6.78. The standard InChI is InChI=1S/C21H19F2N5O/c1-3-16(29)27-8-10-28(11-9-27)21-20-19(24-12-25-21)18(23)17(13(2)26-20)14-6-4-5-7-15(14)22/h3-7,12H,1,8-11H2,2H3. The van der Waals surface area contributed by atoms with Gasteiger partial charge in [-0.2, -0.15) is 0 Å². The van der Waals surface area contributed by atoms with Crippen molar-refractivity contribution in [1.82, 2.24) is 19.9 Å². The number of fused-ring (bicyclic) bond motifs is 1. The number of pyridine rings is 1. The topological polar surface area (TPSA) is 62.2 Å². The molecule has 148 valence electrons. The number of amides is 1. The summed E-state index contributed by atoms with van der Waals surface area (Å²) in [4.78, 5) is 28.3. The zero-order valence-electron chi connectivity index (χ0n) is 15.9. The van der Waals surface area contributed by atoms with Gasteiger partial charge in [-0.15, -0.1) is 0 Å². The highest BCUT2D eigenvalue weighted by Gasteiger charge is 2.25. The Morgan fingerprint density at radius 3 is 2.52 bits per heavy atom. The molecule has 2 aromatic heterocycles. The molecule has 1 saturated heterocycles. The minimum Gasteiger partial charge on any atom is -0.351 e. The fraction of sp³-hybridized carbons (Fsp3) is 0.238. The van der Waals surface area contributed by atoms with Gasteiger partial charge < -0.3 is 9.80 Å².